The van der Waals surface area contributed by atoms with Crippen molar-refractivity contribution < 1.29 is 5.11 Å². The third-order valence-electron chi connectivity index (χ3n) is 3.60. The van der Waals surface area contributed by atoms with E-state index in [0.29, 0.717) is 5.75 Å². The summed E-state index contributed by atoms with van der Waals surface area (Å²) in [5, 5.41) is 9.42. The molecule has 0 bridgehead atoms. The van der Waals surface area contributed by atoms with Crippen molar-refractivity contribution in [3.05, 3.63) is 29.8 Å². The minimum Gasteiger partial charge on any atom is -0.508 e. The van der Waals surface area contributed by atoms with Gasteiger partial charge in [0.2, 0.25) is 0 Å². The molecule has 3 N–H and O–H groups in total. The summed E-state index contributed by atoms with van der Waals surface area (Å²) in [4.78, 5) is 2.46. The van der Waals surface area contributed by atoms with E-state index in [1.807, 2.05) is 12.1 Å². The van der Waals surface area contributed by atoms with Crippen LogP contribution in [0.1, 0.15) is 24.8 Å². The van der Waals surface area contributed by atoms with Gasteiger partial charge in [-0.2, -0.15) is 0 Å². The first-order chi connectivity index (χ1) is 8.28. The van der Waals surface area contributed by atoms with Gasteiger partial charge in [0.05, 0.1) is 0 Å². The Morgan fingerprint density at radius 1 is 1.28 bits per heavy atom. The zero-order valence-corrected chi connectivity index (χ0v) is 11.5. The van der Waals surface area contributed by atoms with Crippen LogP contribution in [0, 0.1) is 5.92 Å². The number of phenolic OH excluding ortho intramolecular Hbond substituents is 1. The van der Waals surface area contributed by atoms with Gasteiger partial charge < -0.3 is 10.8 Å². The van der Waals surface area contributed by atoms with Gasteiger partial charge in [0.25, 0.3) is 0 Å². The molecule has 2 rings (SSSR count). The summed E-state index contributed by atoms with van der Waals surface area (Å²) in [6, 6.07) is 7.56. The number of benzene rings is 1. The number of rotatable bonds is 4. The molecule has 1 aromatic carbocycles. The van der Waals surface area contributed by atoms with Crippen LogP contribution in [0.25, 0.3) is 0 Å². The molecule has 102 valence electrons. The molecule has 4 heteroatoms. The summed E-state index contributed by atoms with van der Waals surface area (Å²) >= 11 is 0. The van der Waals surface area contributed by atoms with Gasteiger partial charge in [0.15, 0.2) is 0 Å². The molecular weight excluding hydrogens is 248 g/mol. The summed E-state index contributed by atoms with van der Waals surface area (Å²) < 4.78 is 0. The summed E-state index contributed by atoms with van der Waals surface area (Å²) in [5.74, 6) is 1.18. The van der Waals surface area contributed by atoms with Gasteiger partial charge in [-0.05, 0) is 62.5 Å². The molecule has 0 spiro atoms. The first-order valence-corrected chi connectivity index (χ1v) is 6.48. The molecule has 0 unspecified atom stereocenters. The predicted molar refractivity (Wildman–Crippen MR) is 77.0 cm³/mol. The van der Waals surface area contributed by atoms with Crippen LogP contribution >= 0.6 is 12.4 Å². The molecule has 1 saturated heterocycles. The zero-order valence-electron chi connectivity index (χ0n) is 10.7. The standard InChI is InChI=1S/C14H22N2O.ClH/c15-7-4-12-5-8-16(9-6-12)11-13-2-1-3-14(17)10-13;/h1-3,10,12,17H,4-9,11,15H2;1H. The number of piperidine rings is 1. The molecular formula is C14H23ClN2O. The molecule has 1 aliphatic rings. The summed E-state index contributed by atoms with van der Waals surface area (Å²) in [5.41, 5.74) is 6.79. The Balaban J connectivity index is 0.00000162. The minimum atomic E-state index is 0. The van der Waals surface area contributed by atoms with Crippen molar-refractivity contribution in [2.45, 2.75) is 25.8 Å². The highest BCUT2D eigenvalue weighted by atomic mass is 35.5. The van der Waals surface area contributed by atoms with Gasteiger partial charge in [0.1, 0.15) is 5.75 Å². The molecule has 3 nitrogen and oxygen atoms in total. The first kappa shape index (κ1) is 15.3. The van der Waals surface area contributed by atoms with Crippen LogP contribution in [-0.2, 0) is 6.54 Å². The Bertz CT molecular complexity index is 351. The van der Waals surface area contributed by atoms with Crippen LogP contribution in [0.5, 0.6) is 5.75 Å². The molecule has 1 fully saturated rings. The average Bonchev–Trinajstić information content (AvgIpc) is 2.32. The third kappa shape index (κ3) is 4.48. The van der Waals surface area contributed by atoms with Crippen molar-refractivity contribution in [2.24, 2.45) is 11.7 Å². The Morgan fingerprint density at radius 2 is 2.00 bits per heavy atom. The molecule has 0 aliphatic carbocycles. The lowest BCUT2D eigenvalue weighted by Gasteiger charge is -2.31. The zero-order chi connectivity index (χ0) is 12.1. The lowest BCUT2D eigenvalue weighted by atomic mass is 9.93. The van der Waals surface area contributed by atoms with Crippen LogP contribution in [0.4, 0.5) is 0 Å². The van der Waals surface area contributed by atoms with Crippen molar-refractivity contribution in [3.8, 4) is 5.75 Å². The van der Waals surface area contributed by atoms with Crippen LogP contribution in [0.15, 0.2) is 24.3 Å². The number of nitrogens with zero attached hydrogens (tertiary/aromatic N) is 1. The van der Waals surface area contributed by atoms with E-state index >= 15 is 0 Å². The van der Waals surface area contributed by atoms with Crippen LogP contribution in [-0.4, -0.2) is 29.6 Å². The van der Waals surface area contributed by atoms with Crippen molar-refractivity contribution in [1.82, 2.24) is 4.90 Å². The summed E-state index contributed by atoms with van der Waals surface area (Å²) in [6.07, 6.45) is 3.69. The maximum Gasteiger partial charge on any atom is 0.115 e. The number of halogens is 1. The fourth-order valence-corrected chi connectivity index (χ4v) is 2.58. The van der Waals surface area contributed by atoms with Crippen molar-refractivity contribution in [2.75, 3.05) is 19.6 Å². The summed E-state index contributed by atoms with van der Waals surface area (Å²) in [6.45, 7) is 4.07. The van der Waals surface area contributed by atoms with Crippen LogP contribution in [0.2, 0.25) is 0 Å². The second-order valence-corrected chi connectivity index (χ2v) is 4.97. The quantitative estimate of drug-likeness (QED) is 0.883. The maximum absolute atomic E-state index is 9.42. The normalized spacial score (nSPS) is 17.4. The first-order valence-electron chi connectivity index (χ1n) is 6.48. The molecule has 0 amide bonds. The number of phenols is 1. The van der Waals surface area contributed by atoms with Crippen molar-refractivity contribution >= 4 is 12.4 Å². The molecule has 1 aromatic rings. The Morgan fingerprint density at radius 3 is 2.61 bits per heavy atom. The van der Waals surface area contributed by atoms with Gasteiger partial charge in [-0.3, -0.25) is 4.90 Å². The Kier molecular flexibility index (Phi) is 6.47. The molecule has 1 aliphatic heterocycles. The van der Waals surface area contributed by atoms with E-state index in [2.05, 4.69) is 11.0 Å². The third-order valence-corrected chi connectivity index (χ3v) is 3.60. The maximum atomic E-state index is 9.42. The predicted octanol–water partition coefficient (Wildman–Crippen LogP) is 2.37. The smallest absolute Gasteiger partial charge is 0.115 e. The lowest BCUT2D eigenvalue weighted by Crippen LogP contribution is -2.33. The lowest BCUT2D eigenvalue weighted by molar-refractivity contribution is 0.173. The fraction of sp³-hybridized carbons (Fsp3) is 0.571. The Hall–Kier alpha value is -0.770. The monoisotopic (exact) mass is 270 g/mol. The Labute approximate surface area is 115 Å². The van der Waals surface area contributed by atoms with Crippen LogP contribution in [0.3, 0.4) is 0 Å². The molecule has 0 aromatic heterocycles. The highest BCUT2D eigenvalue weighted by molar-refractivity contribution is 5.85. The average molecular weight is 271 g/mol. The van der Waals surface area contributed by atoms with Gasteiger partial charge in [-0.1, -0.05) is 12.1 Å². The van der Waals surface area contributed by atoms with E-state index in [4.69, 9.17) is 5.73 Å². The number of aromatic hydroxyl groups is 1. The number of nitrogens with two attached hydrogens (primary N) is 1. The van der Waals surface area contributed by atoms with Gasteiger partial charge in [-0.25, -0.2) is 0 Å². The van der Waals surface area contributed by atoms with Crippen molar-refractivity contribution in [3.63, 3.8) is 0 Å². The SMILES string of the molecule is Cl.NCCC1CCN(Cc2cccc(O)c2)CC1. The molecule has 0 radical (unpaired) electrons. The van der Waals surface area contributed by atoms with E-state index in [1.165, 1.54) is 24.8 Å². The topological polar surface area (TPSA) is 49.5 Å². The molecule has 18 heavy (non-hydrogen) atoms. The molecule has 0 saturated carbocycles. The van der Waals surface area contributed by atoms with E-state index in [-0.39, 0.29) is 12.4 Å². The van der Waals surface area contributed by atoms with Gasteiger partial charge >= 0.3 is 0 Å². The highest BCUT2D eigenvalue weighted by Crippen LogP contribution is 2.22. The highest BCUT2D eigenvalue weighted by Gasteiger charge is 2.18. The number of hydrogen-bond donors (Lipinski definition) is 2. The van der Waals surface area contributed by atoms with Crippen molar-refractivity contribution in [1.29, 1.82) is 0 Å². The fourth-order valence-electron chi connectivity index (χ4n) is 2.58. The van der Waals surface area contributed by atoms with E-state index < -0.39 is 0 Å². The molecule has 1 heterocycles. The van der Waals surface area contributed by atoms with E-state index in [0.717, 1.165) is 32.1 Å². The minimum absolute atomic E-state index is 0. The molecule has 0 atom stereocenters. The van der Waals surface area contributed by atoms with Gasteiger partial charge in [-0.15, -0.1) is 12.4 Å². The largest absolute Gasteiger partial charge is 0.508 e. The second kappa shape index (κ2) is 7.62. The second-order valence-electron chi connectivity index (χ2n) is 4.97. The summed E-state index contributed by atoms with van der Waals surface area (Å²) in [7, 11) is 0. The number of hydrogen-bond acceptors (Lipinski definition) is 3. The van der Waals surface area contributed by atoms with Crippen LogP contribution < -0.4 is 5.73 Å². The van der Waals surface area contributed by atoms with Gasteiger partial charge in [0, 0.05) is 6.54 Å². The van der Waals surface area contributed by atoms with E-state index in [9.17, 15) is 5.11 Å². The number of likely N-dealkylation sites (tertiary alicyclic amines) is 1. The van der Waals surface area contributed by atoms with E-state index in [1.54, 1.807) is 6.07 Å².